The first-order valence-corrected chi connectivity index (χ1v) is 5.01. The number of aromatic amines is 1. The van der Waals surface area contributed by atoms with Crippen molar-refractivity contribution >= 4 is 11.1 Å². The van der Waals surface area contributed by atoms with Gasteiger partial charge < -0.3 is 10.2 Å². The van der Waals surface area contributed by atoms with Crippen LogP contribution in [0.2, 0.25) is 0 Å². The molecule has 0 fully saturated rings. The minimum Gasteiger partial charge on any atom is -0.408 e. The molecule has 2 aromatic rings. The first-order chi connectivity index (χ1) is 7.20. The zero-order valence-electron chi connectivity index (χ0n) is 8.62. The van der Waals surface area contributed by atoms with E-state index in [4.69, 9.17) is 10.2 Å². The highest BCUT2D eigenvalue weighted by atomic mass is 16.4. The highest BCUT2D eigenvalue weighted by molar-refractivity contribution is 5.75. The largest absolute Gasteiger partial charge is 0.417 e. The molecule has 0 saturated heterocycles. The van der Waals surface area contributed by atoms with E-state index in [-0.39, 0.29) is 0 Å². The lowest BCUT2D eigenvalue weighted by atomic mass is 10.0. The number of oxazole rings is 1. The second-order valence-corrected chi connectivity index (χ2v) is 3.85. The summed E-state index contributed by atoms with van der Waals surface area (Å²) in [5.41, 5.74) is 8.01. The fourth-order valence-electron chi connectivity index (χ4n) is 1.65. The molecule has 1 unspecified atom stereocenters. The van der Waals surface area contributed by atoms with Crippen LogP contribution in [0.3, 0.4) is 0 Å². The monoisotopic (exact) mass is 206 g/mol. The predicted molar refractivity (Wildman–Crippen MR) is 58.8 cm³/mol. The molecule has 2 rings (SSSR count). The van der Waals surface area contributed by atoms with Gasteiger partial charge in [-0.05, 0) is 30.5 Å². The van der Waals surface area contributed by atoms with Gasteiger partial charge in [-0.15, -0.1) is 0 Å². The second-order valence-electron chi connectivity index (χ2n) is 3.85. The van der Waals surface area contributed by atoms with Gasteiger partial charge in [-0.1, -0.05) is 19.1 Å². The summed E-state index contributed by atoms with van der Waals surface area (Å²) in [6.45, 7) is 2.70. The van der Waals surface area contributed by atoms with Crippen molar-refractivity contribution in [1.82, 2.24) is 4.98 Å². The Bertz CT molecular complexity index is 513. The minimum atomic E-state index is -0.405. The number of benzene rings is 1. The molecular weight excluding hydrogens is 192 g/mol. The van der Waals surface area contributed by atoms with Crippen LogP contribution in [0.5, 0.6) is 0 Å². The zero-order chi connectivity index (χ0) is 10.8. The van der Waals surface area contributed by atoms with Crippen molar-refractivity contribution < 1.29 is 4.42 Å². The molecule has 1 aromatic carbocycles. The summed E-state index contributed by atoms with van der Waals surface area (Å²) in [5.74, 6) is -0.0198. The maximum atomic E-state index is 11.0. The van der Waals surface area contributed by atoms with Crippen molar-refractivity contribution in [3.05, 3.63) is 34.3 Å². The molecule has 0 aliphatic carbocycles. The van der Waals surface area contributed by atoms with Crippen LogP contribution in [0, 0.1) is 5.92 Å². The molecule has 0 bridgehead atoms. The van der Waals surface area contributed by atoms with Crippen LogP contribution in [-0.2, 0) is 6.42 Å². The molecule has 80 valence electrons. The van der Waals surface area contributed by atoms with Gasteiger partial charge in [-0.25, -0.2) is 4.79 Å². The van der Waals surface area contributed by atoms with Crippen LogP contribution in [0.25, 0.3) is 11.1 Å². The third-order valence-electron chi connectivity index (χ3n) is 2.50. The summed E-state index contributed by atoms with van der Waals surface area (Å²) in [7, 11) is 0. The normalized spacial score (nSPS) is 13.2. The number of hydrogen-bond acceptors (Lipinski definition) is 3. The lowest BCUT2D eigenvalue weighted by molar-refractivity contribution is 0.541. The Hall–Kier alpha value is -1.55. The fourth-order valence-corrected chi connectivity index (χ4v) is 1.65. The van der Waals surface area contributed by atoms with E-state index in [2.05, 4.69) is 11.9 Å². The SMILES string of the molecule is CC(CN)Cc1cccc2[nH]c(=O)oc12. The van der Waals surface area contributed by atoms with Crippen LogP contribution in [0.15, 0.2) is 27.4 Å². The molecule has 4 nitrogen and oxygen atoms in total. The Kier molecular flexibility index (Phi) is 2.60. The maximum Gasteiger partial charge on any atom is 0.417 e. The molecule has 3 N–H and O–H groups in total. The second kappa shape index (κ2) is 3.90. The predicted octanol–water partition coefficient (Wildman–Crippen LogP) is 1.26. The molecule has 0 spiro atoms. The third kappa shape index (κ3) is 1.94. The van der Waals surface area contributed by atoms with Crippen molar-refractivity contribution in [3.8, 4) is 0 Å². The molecule has 0 saturated carbocycles. The number of hydrogen-bond donors (Lipinski definition) is 2. The lowest BCUT2D eigenvalue weighted by Crippen LogP contribution is -2.13. The molecule has 1 aromatic heterocycles. The number of rotatable bonds is 3. The highest BCUT2D eigenvalue weighted by Crippen LogP contribution is 2.18. The Labute approximate surface area is 87.1 Å². The van der Waals surface area contributed by atoms with Crippen molar-refractivity contribution in [3.63, 3.8) is 0 Å². The average molecular weight is 206 g/mol. The van der Waals surface area contributed by atoms with Gasteiger partial charge in [0.25, 0.3) is 0 Å². The molecular formula is C11H14N2O2. The minimum absolute atomic E-state index is 0.385. The number of nitrogens with two attached hydrogens (primary N) is 1. The first-order valence-electron chi connectivity index (χ1n) is 5.01. The maximum absolute atomic E-state index is 11.0. The summed E-state index contributed by atoms with van der Waals surface area (Å²) in [6.07, 6.45) is 0.828. The highest BCUT2D eigenvalue weighted by Gasteiger charge is 2.09. The lowest BCUT2D eigenvalue weighted by Gasteiger charge is -2.07. The molecule has 15 heavy (non-hydrogen) atoms. The van der Waals surface area contributed by atoms with E-state index in [9.17, 15) is 4.79 Å². The topological polar surface area (TPSA) is 72.0 Å². The molecule has 0 radical (unpaired) electrons. The van der Waals surface area contributed by atoms with E-state index in [0.29, 0.717) is 18.0 Å². The molecule has 1 atom stereocenters. The Balaban J connectivity index is 2.46. The molecule has 0 amide bonds. The first kappa shape index (κ1) is 9.98. The smallest absolute Gasteiger partial charge is 0.408 e. The Morgan fingerprint density at radius 3 is 3.07 bits per heavy atom. The van der Waals surface area contributed by atoms with Crippen molar-refractivity contribution in [2.75, 3.05) is 6.54 Å². The Morgan fingerprint density at radius 1 is 1.53 bits per heavy atom. The van der Waals surface area contributed by atoms with Gasteiger partial charge in [0.05, 0.1) is 5.52 Å². The summed E-state index contributed by atoms with van der Waals surface area (Å²) in [4.78, 5) is 13.7. The van der Waals surface area contributed by atoms with Crippen molar-refractivity contribution in [2.24, 2.45) is 11.7 Å². The van der Waals surface area contributed by atoms with Crippen molar-refractivity contribution in [2.45, 2.75) is 13.3 Å². The molecule has 4 heteroatoms. The summed E-state index contributed by atoms with van der Waals surface area (Å²) in [5, 5.41) is 0. The molecule has 0 aliphatic heterocycles. The van der Waals surface area contributed by atoms with E-state index < -0.39 is 5.76 Å². The molecule has 0 aliphatic rings. The molecule has 1 heterocycles. The van der Waals surface area contributed by atoms with Gasteiger partial charge in [0, 0.05) is 0 Å². The summed E-state index contributed by atoms with van der Waals surface area (Å²) < 4.78 is 5.09. The van der Waals surface area contributed by atoms with Crippen LogP contribution in [0.4, 0.5) is 0 Å². The average Bonchev–Trinajstić information content (AvgIpc) is 2.59. The number of fused-ring (bicyclic) bond motifs is 1. The fraction of sp³-hybridized carbons (Fsp3) is 0.364. The van der Waals surface area contributed by atoms with Crippen LogP contribution >= 0.6 is 0 Å². The standard InChI is InChI=1S/C11H14N2O2/c1-7(6-12)5-8-3-2-4-9-10(8)15-11(14)13-9/h2-4,7H,5-6,12H2,1H3,(H,13,14). The number of para-hydroxylation sites is 1. The van der Waals surface area contributed by atoms with Gasteiger partial charge in [0.2, 0.25) is 0 Å². The van der Waals surface area contributed by atoms with E-state index in [1.165, 1.54) is 0 Å². The van der Waals surface area contributed by atoms with Crippen molar-refractivity contribution in [1.29, 1.82) is 0 Å². The van der Waals surface area contributed by atoms with Gasteiger partial charge in [-0.3, -0.25) is 4.98 Å². The van der Waals surface area contributed by atoms with Gasteiger partial charge in [-0.2, -0.15) is 0 Å². The van der Waals surface area contributed by atoms with Gasteiger partial charge >= 0.3 is 5.76 Å². The Morgan fingerprint density at radius 2 is 2.33 bits per heavy atom. The zero-order valence-corrected chi connectivity index (χ0v) is 8.62. The van der Waals surface area contributed by atoms with E-state index in [0.717, 1.165) is 17.5 Å². The van der Waals surface area contributed by atoms with Crippen LogP contribution in [0.1, 0.15) is 12.5 Å². The third-order valence-corrected chi connectivity index (χ3v) is 2.50. The van der Waals surface area contributed by atoms with E-state index in [1.54, 1.807) is 0 Å². The number of aromatic nitrogens is 1. The van der Waals surface area contributed by atoms with E-state index >= 15 is 0 Å². The van der Waals surface area contributed by atoms with E-state index in [1.807, 2.05) is 18.2 Å². The summed E-state index contributed by atoms with van der Waals surface area (Å²) in [6, 6.07) is 5.70. The number of nitrogens with one attached hydrogen (secondary N) is 1. The van der Waals surface area contributed by atoms with Crippen LogP contribution < -0.4 is 11.5 Å². The number of H-pyrrole nitrogens is 1. The van der Waals surface area contributed by atoms with Gasteiger partial charge in [0.15, 0.2) is 5.58 Å². The van der Waals surface area contributed by atoms with Gasteiger partial charge in [0.1, 0.15) is 0 Å². The summed E-state index contributed by atoms with van der Waals surface area (Å²) >= 11 is 0. The quantitative estimate of drug-likeness (QED) is 0.794. The van der Waals surface area contributed by atoms with Crippen LogP contribution in [-0.4, -0.2) is 11.5 Å².